The molecule has 0 amide bonds. The number of hydrogen-bond donors (Lipinski definition) is 0. The van der Waals surface area contributed by atoms with Crippen LogP contribution < -0.4 is 9.47 Å². The molecule has 0 N–H and O–H groups in total. The highest BCUT2D eigenvalue weighted by Crippen LogP contribution is 2.50. The van der Waals surface area contributed by atoms with E-state index in [1.165, 1.54) is 38.5 Å². The normalized spacial score (nSPS) is 31.7. The molecule has 0 aliphatic heterocycles. The lowest BCUT2D eigenvalue weighted by Gasteiger charge is -2.46. The van der Waals surface area contributed by atoms with Crippen LogP contribution in [0.4, 0.5) is 17.6 Å². The molecule has 190 valence electrons. The molecule has 4 atom stereocenters. The summed E-state index contributed by atoms with van der Waals surface area (Å²) >= 11 is 0. The van der Waals surface area contributed by atoms with E-state index in [9.17, 15) is 22.4 Å². The predicted octanol–water partition coefficient (Wildman–Crippen LogP) is 7.91. The highest BCUT2D eigenvalue weighted by atomic mass is 19.3. The van der Waals surface area contributed by atoms with Crippen molar-refractivity contribution in [3.63, 3.8) is 0 Å². The minimum absolute atomic E-state index is 0.211. The van der Waals surface area contributed by atoms with Gasteiger partial charge in [-0.15, -0.1) is 0 Å². The summed E-state index contributed by atoms with van der Waals surface area (Å²) in [6.07, 6.45) is 13.9. The number of halogens is 4. The van der Waals surface area contributed by atoms with E-state index in [0.717, 1.165) is 62.0 Å². The molecule has 1 aromatic carbocycles. The van der Waals surface area contributed by atoms with Gasteiger partial charge >= 0.3 is 12.6 Å². The van der Waals surface area contributed by atoms with Crippen LogP contribution in [-0.4, -0.2) is 12.6 Å². The summed E-state index contributed by atoms with van der Waals surface area (Å²) in [4.78, 5) is 13.0. The van der Waals surface area contributed by atoms with Crippen molar-refractivity contribution in [2.45, 2.75) is 90.6 Å². The van der Waals surface area contributed by atoms with Gasteiger partial charge in [0.2, 0.25) is 11.6 Å². The van der Waals surface area contributed by atoms with E-state index in [4.69, 9.17) is 4.74 Å². The first kappa shape index (κ1) is 25.3. The van der Waals surface area contributed by atoms with Gasteiger partial charge in [-0.05, 0) is 80.2 Å². The van der Waals surface area contributed by atoms with Gasteiger partial charge in [0.15, 0.2) is 11.5 Å². The number of alkyl halides is 2. The second-order valence-corrected chi connectivity index (χ2v) is 10.6. The standard InChI is InChI=1S/C27H36F4O3/c1-2-4-16-7-9-17(10-8-16)18-11-12-20-19(15-18)5-3-6-21(20)26(32)33-22-13-14-23(34-27(30)31)25(29)24(22)28/h13-14,16-21,27H,2-12,15H2,1H3. The van der Waals surface area contributed by atoms with Gasteiger partial charge in [-0.25, -0.2) is 0 Å². The van der Waals surface area contributed by atoms with Crippen molar-refractivity contribution in [2.24, 2.45) is 35.5 Å². The second kappa shape index (κ2) is 11.3. The van der Waals surface area contributed by atoms with Crippen molar-refractivity contribution < 1.29 is 31.8 Å². The van der Waals surface area contributed by atoms with Crippen LogP contribution in [0.5, 0.6) is 11.5 Å². The van der Waals surface area contributed by atoms with Crippen LogP contribution in [0.3, 0.4) is 0 Å². The first-order valence-electron chi connectivity index (χ1n) is 13.0. The summed E-state index contributed by atoms with van der Waals surface area (Å²) in [5.41, 5.74) is 0. The quantitative estimate of drug-likeness (QED) is 0.224. The van der Waals surface area contributed by atoms with Crippen molar-refractivity contribution >= 4 is 5.97 Å². The third-order valence-electron chi connectivity index (χ3n) is 8.68. The van der Waals surface area contributed by atoms with Crippen molar-refractivity contribution in [1.82, 2.24) is 0 Å². The fourth-order valence-corrected chi connectivity index (χ4v) is 7.04. The third kappa shape index (κ3) is 5.71. The molecule has 4 rings (SSSR count). The Morgan fingerprint density at radius 2 is 1.59 bits per heavy atom. The average molecular weight is 485 g/mol. The lowest BCUT2D eigenvalue weighted by atomic mass is 9.59. The lowest BCUT2D eigenvalue weighted by molar-refractivity contribution is -0.144. The summed E-state index contributed by atoms with van der Waals surface area (Å²) < 4.78 is 62.3. The number of benzene rings is 1. The Kier molecular flexibility index (Phi) is 8.41. The van der Waals surface area contributed by atoms with Gasteiger partial charge in [0.1, 0.15) is 0 Å². The van der Waals surface area contributed by atoms with Gasteiger partial charge in [-0.2, -0.15) is 17.6 Å². The zero-order chi connectivity index (χ0) is 24.2. The van der Waals surface area contributed by atoms with E-state index in [1.54, 1.807) is 0 Å². The molecule has 0 radical (unpaired) electrons. The molecule has 3 fully saturated rings. The number of rotatable bonds is 7. The fourth-order valence-electron chi connectivity index (χ4n) is 7.04. The van der Waals surface area contributed by atoms with Gasteiger partial charge in [0.05, 0.1) is 5.92 Å². The van der Waals surface area contributed by atoms with Crippen molar-refractivity contribution in [3.8, 4) is 11.5 Å². The number of carbonyl (C=O) groups is 1. The molecular formula is C27H36F4O3. The van der Waals surface area contributed by atoms with Crippen LogP contribution in [0.25, 0.3) is 0 Å². The van der Waals surface area contributed by atoms with Crippen LogP contribution >= 0.6 is 0 Å². The topological polar surface area (TPSA) is 35.5 Å². The zero-order valence-corrected chi connectivity index (χ0v) is 19.9. The summed E-state index contributed by atoms with van der Waals surface area (Å²) in [5.74, 6) is -2.33. The first-order chi connectivity index (χ1) is 16.4. The van der Waals surface area contributed by atoms with Crippen LogP contribution in [0.15, 0.2) is 12.1 Å². The molecule has 34 heavy (non-hydrogen) atoms. The molecule has 3 aliphatic carbocycles. The molecule has 0 heterocycles. The van der Waals surface area contributed by atoms with Crippen molar-refractivity contribution in [1.29, 1.82) is 0 Å². The van der Waals surface area contributed by atoms with Crippen molar-refractivity contribution in [2.75, 3.05) is 0 Å². The Bertz CT molecular complexity index is 837. The van der Waals surface area contributed by atoms with E-state index in [0.29, 0.717) is 12.3 Å². The molecule has 3 aliphatic rings. The van der Waals surface area contributed by atoms with E-state index in [-0.39, 0.29) is 11.8 Å². The number of ether oxygens (including phenoxy) is 2. The minimum Gasteiger partial charge on any atom is -0.432 e. The average Bonchev–Trinajstić information content (AvgIpc) is 2.83. The Balaban J connectivity index is 1.35. The number of fused-ring (bicyclic) bond motifs is 1. The molecule has 3 saturated carbocycles. The van der Waals surface area contributed by atoms with Gasteiger partial charge < -0.3 is 9.47 Å². The van der Waals surface area contributed by atoms with Gasteiger partial charge in [-0.3, -0.25) is 4.79 Å². The highest BCUT2D eigenvalue weighted by Gasteiger charge is 2.43. The lowest BCUT2D eigenvalue weighted by Crippen LogP contribution is -2.40. The molecule has 0 aromatic heterocycles. The second-order valence-electron chi connectivity index (χ2n) is 10.6. The summed E-state index contributed by atoms with van der Waals surface area (Å²) in [6.45, 7) is -1.01. The largest absolute Gasteiger partial charge is 0.432 e. The Morgan fingerprint density at radius 3 is 2.29 bits per heavy atom. The summed E-state index contributed by atoms with van der Waals surface area (Å²) in [6, 6.07) is 1.83. The Morgan fingerprint density at radius 1 is 0.912 bits per heavy atom. The molecule has 4 unspecified atom stereocenters. The third-order valence-corrected chi connectivity index (χ3v) is 8.68. The smallest absolute Gasteiger partial charge is 0.387 e. The fraction of sp³-hybridized carbons (Fsp3) is 0.741. The maximum Gasteiger partial charge on any atom is 0.387 e. The molecule has 0 saturated heterocycles. The van der Waals surface area contributed by atoms with Crippen molar-refractivity contribution in [3.05, 3.63) is 23.8 Å². The number of esters is 1. The van der Waals surface area contributed by atoms with Gasteiger partial charge in [0, 0.05) is 0 Å². The molecular weight excluding hydrogens is 448 g/mol. The van der Waals surface area contributed by atoms with Gasteiger partial charge in [-0.1, -0.05) is 45.4 Å². The highest BCUT2D eigenvalue weighted by molar-refractivity contribution is 5.75. The number of carbonyl (C=O) groups excluding carboxylic acids is 1. The monoisotopic (exact) mass is 484 g/mol. The van der Waals surface area contributed by atoms with Crippen LogP contribution in [-0.2, 0) is 4.79 Å². The van der Waals surface area contributed by atoms with Gasteiger partial charge in [0.25, 0.3) is 0 Å². The Labute approximate surface area is 199 Å². The maximum absolute atomic E-state index is 14.3. The SMILES string of the molecule is CCCC1CCC(C2CCC3C(CCCC3C(=O)Oc3ccc(OC(F)F)c(F)c3F)C2)CC1. The predicted molar refractivity (Wildman–Crippen MR) is 121 cm³/mol. The summed E-state index contributed by atoms with van der Waals surface area (Å²) in [5, 5.41) is 0. The molecule has 1 aromatic rings. The van der Waals surface area contributed by atoms with E-state index < -0.39 is 35.7 Å². The molecule has 3 nitrogen and oxygen atoms in total. The van der Waals surface area contributed by atoms with Crippen LogP contribution in [0.1, 0.15) is 84.0 Å². The maximum atomic E-state index is 14.3. The van der Waals surface area contributed by atoms with E-state index >= 15 is 0 Å². The van der Waals surface area contributed by atoms with E-state index in [1.807, 2.05) is 0 Å². The van der Waals surface area contributed by atoms with E-state index in [2.05, 4.69) is 11.7 Å². The molecule has 0 bridgehead atoms. The minimum atomic E-state index is -3.28. The Hall–Kier alpha value is -1.79. The number of hydrogen-bond acceptors (Lipinski definition) is 3. The summed E-state index contributed by atoms with van der Waals surface area (Å²) in [7, 11) is 0. The van der Waals surface area contributed by atoms with Crippen LogP contribution in [0, 0.1) is 47.1 Å². The molecule has 0 spiro atoms. The van der Waals surface area contributed by atoms with Crippen LogP contribution in [0.2, 0.25) is 0 Å². The first-order valence-corrected chi connectivity index (χ1v) is 13.0. The zero-order valence-electron chi connectivity index (χ0n) is 19.9. The molecule has 7 heteroatoms.